The molecule has 11 heteroatoms. The van der Waals surface area contributed by atoms with Crippen molar-refractivity contribution in [2.75, 3.05) is 46.1 Å². The summed E-state index contributed by atoms with van der Waals surface area (Å²) in [7, 11) is -3.74. The zero-order valence-electron chi connectivity index (χ0n) is 20.7. The summed E-state index contributed by atoms with van der Waals surface area (Å²) < 4.78 is 43.0. The molecule has 0 unspecified atom stereocenters. The zero-order chi connectivity index (χ0) is 26.7. The van der Waals surface area contributed by atoms with Gasteiger partial charge in [0.1, 0.15) is 25.6 Å². The molecule has 2 aliphatic rings. The second-order valence-corrected chi connectivity index (χ2v) is 13.1. The summed E-state index contributed by atoms with van der Waals surface area (Å²) in [5.41, 5.74) is 2.91. The molecule has 0 aliphatic carbocycles. The molecule has 5 rings (SSSR count). The molecule has 3 aromatic rings. The number of fused-ring (bicyclic) bond motifs is 1. The zero-order valence-corrected chi connectivity index (χ0v) is 23.0. The van der Waals surface area contributed by atoms with E-state index in [0.29, 0.717) is 41.7 Å². The van der Waals surface area contributed by atoms with Crippen molar-refractivity contribution >= 4 is 38.7 Å². The molecule has 0 bridgehead atoms. The molecule has 0 saturated carbocycles. The summed E-state index contributed by atoms with van der Waals surface area (Å²) in [6.45, 7) is 4.80. The molecule has 2 aliphatic heterocycles. The number of halogens is 1. The van der Waals surface area contributed by atoms with Gasteiger partial charge in [-0.15, -0.1) is 11.3 Å². The van der Waals surface area contributed by atoms with E-state index < -0.39 is 15.8 Å². The van der Waals surface area contributed by atoms with Gasteiger partial charge < -0.3 is 19.3 Å². The molecule has 2 aromatic carbocycles. The Bertz CT molecular complexity index is 1430. The second kappa shape index (κ2) is 11.6. The van der Waals surface area contributed by atoms with Gasteiger partial charge in [0.15, 0.2) is 9.84 Å². The van der Waals surface area contributed by atoms with Crippen LogP contribution in [0.1, 0.15) is 27.9 Å². The lowest BCUT2D eigenvalue weighted by Crippen LogP contribution is -2.37. The number of hydrogen-bond donors (Lipinski definition) is 1. The summed E-state index contributed by atoms with van der Waals surface area (Å²) in [5.74, 6) is -0.466. The van der Waals surface area contributed by atoms with Crippen molar-refractivity contribution in [2.24, 2.45) is 0 Å². The van der Waals surface area contributed by atoms with Crippen LogP contribution in [0.25, 0.3) is 11.1 Å². The van der Waals surface area contributed by atoms with Gasteiger partial charge in [0.25, 0.3) is 0 Å². The molecule has 1 fully saturated rings. The molecule has 3 heterocycles. The summed E-state index contributed by atoms with van der Waals surface area (Å²) in [6.07, 6.45) is 1.48. The van der Waals surface area contributed by atoms with Crippen molar-refractivity contribution in [3.8, 4) is 22.6 Å². The third-order valence-electron chi connectivity index (χ3n) is 6.57. The highest BCUT2D eigenvalue weighted by Crippen LogP contribution is 2.41. The molecular weight excluding hydrogens is 550 g/mol. The predicted octanol–water partition coefficient (Wildman–Crippen LogP) is 4.56. The average molecular weight is 578 g/mol. The Hall–Kier alpha value is -2.63. The fraction of sp³-hybridized carbons (Fsp3) is 0.370. The first-order valence-electron chi connectivity index (χ1n) is 12.4. The van der Waals surface area contributed by atoms with E-state index in [4.69, 9.17) is 25.8 Å². The normalized spacial score (nSPS) is 15.7. The number of esters is 1. The van der Waals surface area contributed by atoms with Gasteiger partial charge >= 0.3 is 5.97 Å². The first-order valence-corrected chi connectivity index (χ1v) is 15.2. The van der Waals surface area contributed by atoms with E-state index >= 15 is 0 Å². The number of ether oxygens (including phenoxy) is 3. The van der Waals surface area contributed by atoms with Crippen molar-refractivity contribution in [3.63, 3.8) is 0 Å². The minimum absolute atomic E-state index is 0.000404. The SMILES string of the molecule is O=C(OCCCN1CCOCC1)c1ccc(CS(=O)(=O)c2cc(-c3ccc4c(c3)CCO4)c(Cl)s2)cc1O. The molecule has 38 heavy (non-hydrogen) atoms. The molecule has 0 spiro atoms. The number of hydrogen-bond acceptors (Lipinski definition) is 9. The standard InChI is InChI=1S/C27H28ClNO7S2/c28-26-22(19-3-5-24-20(15-19)6-11-35-24)16-25(37-26)38(32,33)17-18-2-4-21(23(30)14-18)27(31)36-10-1-7-29-8-12-34-13-9-29/h2-5,14-16,30H,1,6-13,17H2. The summed E-state index contributed by atoms with van der Waals surface area (Å²) in [5, 5.41) is 10.4. The van der Waals surface area contributed by atoms with Gasteiger partial charge in [0.2, 0.25) is 0 Å². The highest BCUT2D eigenvalue weighted by Gasteiger charge is 2.23. The van der Waals surface area contributed by atoms with Crippen molar-refractivity contribution < 1.29 is 32.5 Å². The monoisotopic (exact) mass is 577 g/mol. The maximum atomic E-state index is 13.2. The largest absolute Gasteiger partial charge is 0.507 e. The van der Waals surface area contributed by atoms with Crippen molar-refractivity contribution in [1.82, 2.24) is 4.90 Å². The molecule has 0 atom stereocenters. The molecule has 0 radical (unpaired) electrons. The number of carbonyl (C=O) groups is 1. The van der Waals surface area contributed by atoms with Crippen LogP contribution >= 0.6 is 22.9 Å². The van der Waals surface area contributed by atoms with Gasteiger partial charge in [-0.25, -0.2) is 13.2 Å². The molecule has 202 valence electrons. The van der Waals surface area contributed by atoms with Crippen LogP contribution in [-0.4, -0.2) is 70.5 Å². The van der Waals surface area contributed by atoms with Gasteiger partial charge in [-0.3, -0.25) is 4.90 Å². The Labute approximate surface area is 230 Å². The lowest BCUT2D eigenvalue weighted by atomic mass is 10.0. The van der Waals surface area contributed by atoms with Gasteiger partial charge in [-0.2, -0.15) is 0 Å². The van der Waals surface area contributed by atoms with E-state index in [0.717, 1.165) is 54.3 Å². The minimum atomic E-state index is -3.74. The summed E-state index contributed by atoms with van der Waals surface area (Å²) in [4.78, 5) is 14.7. The fourth-order valence-corrected chi connectivity index (χ4v) is 7.72. The third-order valence-corrected chi connectivity index (χ3v) is 10.2. The predicted molar refractivity (Wildman–Crippen MR) is 145 cm³/mol. The quantitative estimate of drug-likeness (QED) is 0.292. The molecular formula is C27H28ClNO7S2. The Morgan fingerprint density at radius 3 is 2.71 bits per heavy atom. The smallest absolute Gasteiger partial charge is 0.341 e. The number of sulfone groups is 1. The van der Waals surface area contributed by atoms with E-state index in [2.05, 4.69) is 4.90 Å². The number of phenols is 1. The Balaban J connectivity index is 1.21. The van der Waals surface area contributed by atoms with E-state index in [-0.39, 0.29) is 27.9 Å². The van der Waals surface area contributed by atoms with Crippen LogP contribution in [0.3, 0.4) is 0 Å². The van der Waals surface area contributed by atoms with Crippen LogP contribution in [0.15, 0.2) is 46.7 Å². The number of nitrogens with zero attached hydrogens (tertiary/aromatic N) is 1. The Morgan fingerprint density at radius 2 is 1.92 bits per heavy atom. The van der Waals surface area contributed by atoms with Crippen molar-refractivity contribution in [2.45, 2.75) is 22.8 Å². The number of phenolic OH excluding ortho intramolecular Hbond substituents is 1. The summed E-state index contributed by atoms with van der Waals surface area (Å²) >= 11 is 7.44. The van der Waals surface area contributed by atoms with Crippen LogP contribution in [0.5, 0.6) is 11.5 Å². The molecule has 0 amide bonds. The third kappa shape index (κ3) is 6.16. The van der Waals surface area contributed by atoms with Crippen molar-refractivity contribution in [1.29, 1.82) is 0 Å². The van der Waals surface area contributed by atoms with Gasteiger partial charge in [0, 0.05) is 31.6 Å². The van der Waals surface area contributed by atoms with E-state index in [1.165, 1.54) is 18.2 Å². The second-order valence-electron chi connectivity index (χ2n) is 9.23. The lowest BCUT2D eigenvalue weighted by molar-refractivity contribution is 0.0297. The number of morpholine rings is 1. The maximum Gasteiger partial charge on any atom is 0.341 e. The highest BCUT2D eigenvalue weighted by atomic mass is 35.5. The van der Waals surface area contributed by atoms with E-state index in [9.17, 15) is 18.3 Å². The van der Waals surface area contributed by atoms with Crippen LogP contribution in [0.4, 0.5) is 0 Å². The molecule has 1 N–H and O–H groups in total. The molecule has 8 nitrogen and oxygen atoms in total. The van der Waals surface area contributed by atoms with Gasteiger partial charge in [-0.05, 0) is 53.4 Å². The fourth-order valence-electron chi connectivity index (χ4n) is 4.54. The summed E-state index contributed by atoms with van der Waals surface area (Å²) in [6, 6.07) is 11.5. The van der Waals surface area contributed by atoms with Crippen LogP contribution in [0.2, 0.25) is 4.34 Å². The average Bonchev–Trinajstić information content (AvgIpc) is 3.53. The van der Waals surface area contributed by atoms with E-state index in [1.807, 2.05) is 18.2 Å². The number of rotatable bonds is 9. The van der Waals surface area contributed by atoms with Gasteiger partial charge in [-0.1, -0.05) is 23.7 Å². The first kappa shape index (κ1) is 27.0. The number of aromatic hydroxyl groups is 1. The maximum absolute atomic E-state index is 13.2. The molecule has 1 saturated heterocycles. The number of thiophene rings is 1. The minimum Gasteiger partial charge on any atom is -0.507 e. The topological polar surface area (TPSA) is 102 Å². The van der Waals surface area contributed by atoms with Crippen LogP contribution < -0.4 is 4.74 Å². The van der Waals surface area contributed by atoms with Crippen LogP contribution in [0, 0.1) is 0 Å². The lowest BCUT2D eigenvalue weighted by Gasteiger charge is -2.26. The number of benzene rings is 2. The highest BCUT2D eigenvalue weighted by molar-refractivity contribution is 7.92. The van der Waals surface area contributed by atoms with E-state index in [1.54, 1.807) is 6.07 Å². The Kier molecular flexibility index (Phi) is 8.25. The van der Waals surface area contributed by atoms with Gasteiger partial charge in [0.05, 0.1) is 32.2 Å². The van der Waals surface area contributed by atoms with Crippen LogP contribution in [-0.2, 0) is 31.5 Å². The molecule has 1 aromatic heterocycles. The van der Waals surface area contributed by atoms with Crippen molar-refractivity contribution in [3.05, 3.63) is 63.5 Å². The Morgan fingerprint density at radius 1 is 1.11 bits per heavy atom. The first-order chi connectivity index (χ1) is 18.3. The number of carbonyl (C=O) groups excluding carboxylic acids is 1.